The van der Waals surface area contributed by atoms with Crippen LogP contribution >= 0.6 is 0 Å². The van der Waals surface area contributed by atoms with Crippen LogP contribution in [-0.2, 0) is 26.8 Å². The predicted molar refractivity (Wildman–Crippen MR) is 215 cm³/mol. The summed E-state index contributed by atoms with van der Waals surface area (Å²) in [5.41, 5.74) is 3.70. The van der Waals surface area contributed by atoms with Gasteiger partial charge in [0.1, 0.15) is 5.75 Å². The fourth-order valence-corrected chi connectivity index (χ4v) is 6.38. The Morgan fingerprint density at radius 2 is 1.06 bits per heavy atom. The Morgan fingerprint density at radius 1 is 0.640 bits per heavy atom. The summed E-state index contributed by atoms with van der Waals surface area (Å²) in [6, 6.07) is 14.0. The first kappa shape index (κ1) is 45.7. The van der Waals surface area contributed by atoms with E-state index in [1.807, 2.05) is 30.3 Å². The first-order valence-electron chi connectivity index (χ1n) is 20.6. The molecule has 4 nitrogen and oxygen atoms in total. The maximum absolute atomic E-state index is 12.3. The number of aryl methyl sites for hydroxylation is 1. The van der Waals surface area contributed by atoms with Gasteiger partial charge in [-0.2, -0.15) is 0 Å². The number of phenolic OH excluding ortho intramolecular Hbond substituents is 1. The molecule has 2 aromatic carbocycles. The predicted octanol–water partition coefficient (Wildman–Crippen LogP) is 13.6. The van der Waals surface area contributed by atoms with Crippen molar-refractivity contribution >= 4 is 5.97 Å². The van der Waals surface area contributed by atoms with Gasteiger partial charge < -0.3 is 14.9 Å². The number of hydrogen-bond donors (Lipinski definition) is 2. The third kappa shape index (κ3) is 21.1. The molecular formula is C46H78O4. The lowest BCUT2D eigenvalue weighted by Crippen LogP contribution is -2.18. The number of carbonyl (C=O) groups excluding carboxylic acids is 1. The zero-order valence-corrected chi connectivity index (χ0v) is 33.9. The Hall–Kier alpha value is -2.33. The van der Waals surface area contributed by atoms with Gasteiger partial charge in [-0.3, -0.25) is 4.79 Å². The van der Waals surface area contributed by atoms with Crippen molar-refractivity contribution in [2.75, 3.05) is 6.61 Å². The number of ether oxygens (including phenoxy) is 1. The summed E-state index contributed by atoms with van der Waals surface area (Å²) in [6.07, 6.45) is 25.4. The molecule has 0 saturated heterocycles. The third-order valence-electron chi connectivity index (χ3n) is 9.68. The summed E-state index contributed by atoms with van der Waals surface area (Å²) in [4.78, 5) is 12.3. The minimum atomic E-state index is -0.272. The molecule has 4 heteroatoms. The van der Waals surface area contributed by atoms with E-state index in [2.05, 4.69) is 67.5 Å². The SMILES string of the molecule is CCCCC(O)c1ccccc1.CCCCCCCCCCCCCCCCCCOC(=O)CCc1cc(C(C)(C)C)c(O)c(C(C)(C)C)c1. The Morgan fingerprint density at radius 3 is 1.48 bits per heavy atom. The molecule has 50 heavy (non-hydrogen) atoms. The first-order valence-corrected chi connectivity index (χ1v) is 20.6. The number of aliphatic hydroxyl groups is 1. The van der Waals surface area contributed by atoms with Crippen molar-refractivity contribution in [2.24, 2.45) is 0 Å². The number of rotatable bonds is 24. The van der Waals surface area contributed by atoms with E-state index >= 15 is 0 Å². The number of benzene rings is 2. The summed E-state index contributed by atoms with van der Waals surface area (Å²) in [7, 11) is 0. The van der Waals surface area contributed by atoms with Crippen molar-refractivity contribution in [1.82, 2.24) is 0 Å². The number of esters is 1. The van der Waals surface area contributed by atoms with Crippen molar-refractivity contribution in [3.05, 3.63) is 64.7 Å². The largest absolute Gasteiger partial charge is 0.507 e. The second kappa shape index (κ2) is 26.4. The fourth-order valence-electron chi connectivity index (χ4n) is 6.38. The topological polar surface area (TPSA) is 66.8 Å². The molecule has 0 amide bonds. The monoisotopic (exact) mass is 695 g/mol. The van der Waals surface area contributed by atoms with Crippen molar-refractivity contribution in [1.29, 1.82) is 0 Å². The zero-order valence-electron chi connectivity index (χ0n) is 33.9. The standard InChI is InChI=1S/C35H62O3.C11H16O/c1-8-9-10-11-12-13-14-15-16-17-18-19-20-21-22-23-26-38-32(36)25-24-29-27-30(34(2,3)4)33(37)31(28-29)35(5,6)7;1-2-3-9-11(12)10-7-5-4-6-8-10/h27-28,37H,8-26H2,1-7H3;4-8,11-12H,2-3,9H2,1H3. The lowest BCUT2D eigenvalue weighted by atomic mass is 9.78. The van der Waals surface area contributed by atoms with E-state index in [-0.39, 0.29) is 22.9 Å². The Balaban J connectivity index is 0.000000871. The van der Waals surface area contributed by atoms with Crippen LogP contribution in [-0.4, -0.2) is 22.8 Å². The van der Waals surface area contributed by atoms with E-state index in [1.165, 1.54) is 89.9 Å². The molecule has 0 aliphatic heterocycles. The molecule has 0 spiro atoms. The quantitative estimate of drug-likeness (QED) is 0.0848. The number of phenols is 1. The smallest absolute Gasteiger partial charge is 0.306 e. The minimum Gasteiger partial charge on any atom is -0.507 e. The summed E-state index contributed by atoms with van der Waals surface area (Å²) >= 11 is 0. The van der Waals surface area contributed by atoms with Crippen LogP contribution in [0.2, 0.25) is 0 Å². The van der Waals surface area contributed by atoms with E-state index in [0.717, 1.165) is 54.4 Å². The summed E-state index contributed by atoms with van der Waals surface area (Å²) in [5, 5.41) is 20.5. The highest BCUT2D eigenvalue weighted by Gasteiger charge is 2.26. The summed E-state index contributed by atoms with van der Waals surface area (Å²) in [5.74, 6) is 0.272. The van der Waals surface area contributed by atoms with Crippen LogP contribution < -0.4 is 0 Å². The van der Waals surface area contributed by atoms with Crippen molar-refractivity contribution < 1.29 is 19.7 Å². The fraction of sp³-hybridized carbons (Fsp3) is 0.717. The average molecular weight is 695 g/mol. The van der Waals surface area contributed by atoms with E-state index in [0.29, 0.717) is 25.2 Å². The van der Waals surface area contributed by atoms with Crippen LogP contribution in [0.3, 0.4) is 0 Å². The average Bonchev–Trinajstić information content (AvgIpc) is 3.07. The van der Waals surface area contributed by atoms with Gasteiger partial charge in [-0.1, -0.05) is 207 Å². The normalized spacial score (nSPS) is 12.3. The molecule has 0 aromatic heterocycles. The van der Waals surface area contributed by atoms with Gasteiger partial charge in [0.05, 0.1) is 12.7 Å². The third-order valence-corrected chi connectivity index (χ3v) is 9.68. The van der Waals surface area contributed by atoms with Gasteiger partial charge in [-0.25, -0.2) is 0 Å². The molecule has 0 fully saturated rings. The van der Waals surface area contributed by atoms with Crippen molar-refractivity contribution in [3.63, 3.8) is 0 Å². The van der Waals surface area contributed by atoms with E-state index in [1.54, 1.807) is 0 Å². The van der Waals surface area contributed by atoms with E-state index < -0.39 is 0 Å². The number of carbonyl (C=O) groups is 1. The highest BCUT2D eigenvalue weighted by molar-refractivity contribution is 5.69. The summed E-state index contributed by atoms with van der Waals surface area (Å²) in [6.45, 7) is 17.6. The maximum Gasteiger partial charge on any atom is 0.306 e. The molecule has 0 saturated carbocycles. The molecule has 1 unspecified atom stereocenters. The van der Waals surface area contributed by atoms with Crippen LogP contribution in [0, 0.1) is 0 Å². The van der Waals surface area contributed by atoms with Gasteiger partial charge in [0, 0.05) is 6.42 Å². The molecule has 0 radical (unpaired) electrons. The molecule has 0 heterocycles. The van der Waals surface area contributed by atoms with Crippen LogP contribution in [0.25, 0.3) is 0 Å². The highest BCUT2D eigenvalue weighted by atomic mass is 16.5. The zero-order chi connectivity index (χ0) is 37.3. The number of aliphatic hydroxyl groups excluding tert-OH is 1. The second-order valence-corrected chi connectivity index (χ2v) is 16.6. The van der Waals surface area contributed by atoms with Crippen LogP contribution in [0.15, 0.2) is 42.5 Å². The molecule has 286 valence electrons. The molecular weight excluding hydrogens is 617 g/mol. The lowest BCUT2D eigenvalue weighted by molar-refractivity contribution is -0.143. The van der Waals surface area contributed by atoms with E-state index in [9.17, 15) is 15.0 Å². The second-order valence-electron chi connectivity index (χ2n) is 16.6. The van der Waals surface area contributed by atoms with Gasteiger partial charge in [-0.15, -0.1) is 0 Å². The molecule has 2 aromatic rings. The number of aromatic hydroxyl groups is 1. The summed E-state index contributed by atoms with van der Waals surface area (Å²) < 4.78 is 5.51. The molecule has 2 N–H and O–H groups in total. The van der Waals surface area contributed by atoms with Crippen molar-refractivity contribution in [2.45, 2.75) is 207 Å². The van der Waals surface area contributed by atoms with Crippen molar-refractivity contribution in [3.8, 4) is 5.75 Å². The molecule has 2 rings (SSSR count). The molecule has 0 bridgehead atoms. The Labute approximate surface area is 309 Å². The van der Waals surface area contributed by atoms with Gasteiger partial charge >= 0.3 is 5.97 Å². The lowest BCUT2D eigenvalue weighted by Gasteiger charge is -2.28. The Bertz CT molecular complexity index is 1090. The highest BCUT2D eigenvalue weighted by Crippen LogP contribution is 2.40. The number of hydrogen-bond acceptors (Lipinski definition) is 4. The Kier molecular flexibility index (Phi) is 24.2. The molecule has 0 aliphatic carbocycles. The van der Waals surface area contributed by atoms with E-state index in [4.69, 9.17) is 4.74 Å². The van der Waals surface area contributed by atoms with Crippen LogP contribution in [0.4, 0.5) is 0 Å². The first-order chi connectivity index (χ1) is 23.8. The maximum atomic E-state index is 12.3. The van der Waals surface area contributed by atoms with Crippen LogP contribution in [0.5, 0.6) is 5.75 Å². The van der Waals surface area contributed by atoms with Gasteiger partial charge in [0.15, 0.2) is 0 Å². The van der Waals surface area contributed by atoms with Gasteiger partial charge in [0.25, 0.3) is 0 Å². The minimum absolute atomic E-state index is 0.117. The van der Waals surface area contributed by atoms with Crippen LogP contribution in [0.1, 0.15) is 212 Å². The molecule has 1 atom stereocenters. The van der Waals surface area contributed by atoms with Gasteiger partial charge in [0.2, 0.25) is 0 Å². The number of unbranched alkanes of at least 4 members (excludes halogenated alkanes) is 16. The molecule has 0 aliphatic rings. The van der Waals surface area contributed by atoms with Gasteiger partial charge in [-0.05, 0) is 52.3 Å².